The fourth-order valence-corrected chi connectivity index (χ4v) is 3.26. The Balaban J connectivity index is 1.63. The van der Waals surface area contributed by atoms with Gasteiger partial charge in [0.15, 0.2) is 0 Å². The molecule has 0 fully saturated rings. The molecule has 1 atom stereocenters. The first-order valence-electron chi connectivity index (χ1n) is 9.89. The maximum Gasteiger partial charge on any atom is 0.326 e. The summed E-state index contributed by atoms with van der Waals surface area (Å²) >= 11 is 11.8. The molecule has 3 amide bonds. The number of amides is 3. The highest BCUT2D eigenvalue weighted by Gasteiger charge is 2.22. The third-order valence-electron chi connectivity index (χ3n) is 5.04. The maximum absolute atomic E-state index is 12.5. The number of hydrogen-bond acceptors (Lipinski definition) is 3. The molecule has 0 aliphatic rings. The number of carboxylic acids is 1. The van der Waals surface area contributed by atoms with Gasteiger partial charge >= 0.3 is 12.0 Å². The van der Waals surface area contributed by atoms with Crippen LogP contribution in [0.4, 0.5) is 16.2 Å². The van der Waals surface area contributed by atoms with Gasteiger partial charge in [0, 0.05) is 24.0 Å². The van der Waals surface area contributed by atoms with Crippen molar-refractivity contribution < 1.29 is 19.5 Å². The van der Waals surface area contributed by atoms with E-state index in [2.05, 4.69) is 10.6 Å². The number of carboxylic acid groups (broad SMARTS) is 1. The second kappa shape index (κ2) is 10.4. The van der Waals surface area contributed by atoms with Crippen LogP contribution in [0.1, 0.15) is 17.3 Å². The van der Waals surface area contributed by atoms with Gasteiger partial charge in [-0.05, 0) is 60.5 Å². The van der Waals surface area contributed by atoms with Crippen LogP contribution in [0.2, 0.25) is 10.0 Å². The molecule has 0 aliphatic carbocycles. The molecule has 0 radical (unpaired) electrons. The van der Waals surface area contributed by atoms with E-state index in [1.165, 1.54) is 18.9 Å². The highest BCUT2D eigenvalue weighted by Crippen LogP contribution is 2.26. The molecule has 0 spiro atoms. The van der Waals surface area contributed by atoms with Crippen LogP contribution in [0.3, 0.4) is 0 Å². The molecule has 3 aromatic carbocycles. The Morgan fingerprint density at radius 3 is 1.88 bits per heavy atom. The van der Waals surface area contributed by atoms with E-state index in [4.69, 9.17) is 28.3 Å². The predicted octanol–water partition coefficient (Wildman–Crippen LogP) is 5.85. The minimum atomic E-state index is -1.07. The number of rotatable bonds is 6. The Bertz CT molecular complexity index is 1180. The highest BCUT2D eigenvalue weighted by atomic mass is 35.5. The number of carbonyl (C=O) groups is 3. The lowest BCUT2D eigenvalue weighted by molar-refractivity contribution is -0.141. The standard InChI is InChI=1S/C24H21Cl2N3O4/c1-14(23(31)32)29(2)22(30)17-5-3-15(4-6-17)16-7-9-18(10-8-16)27-24(33)28-19-11-12-20(25)21(26)13-19/h3-14H,1-2H3,(H,31,32)(H2,27,28,33)/t14-/m0/s1. The van der Waals surface area contributed by atoms with E-state index in [1.807, 2.05) is 12.1 Å². The molecule has 3 aromatic rings. The summed E-state index contributed by atoms with van der Waals surface area (Å²) in [6.45, 7) is 1.45. The van der Waals surface area contributed by atoms with E-state index in [-0.39, 0.29) is 5.91 Å². The molecule has 33 heavy (non-hydrogen) atoms. The number of anilines is 2. The van der Waals surface area contributed by atoms with E-state index >= 15 is 0 Å². The number of hydrogen-bond donors (Lipinski definition) is 3. The number of benzene rings is 3. The molecule has 0 bridgehead atoms. The summed E-state index contributed by atoms with van der Waals surface area (Å²) in [5.74, 6) is -1.44. The van der Waals surface area contributed by atoms with E-state index in [1.54, 1.807) is 54.6 Å². The molecule has 0 heterocycles. The Labute approximate surface area is 200 Å². The lowest BCUT2D eigenvalue weighted by atomic mass is 10.0. The Morgan fingerprint density at radius 1 is 0.818 bits per heavy atom. The minimum Gasteiger partial charge on any atom is -0.480 e. The molecule has 3 N–H and O–H groups in total. The van der Waals surface area contributed by atoms with Crippen LogP contribution in [0.15, 0.2) is 66.7 Å². The number of aliphatic carboxylic acids is 1. The van der Waals surface area contributed by atoms with Crippen LogP contribution >= 0.6 is 23.2 Å². The molecule has 0 saturated carbocycles. The third-order valence-corrected chi connectivity index (χ3v) is 5.78. The van der Waals surface area contributed by atoms with Crippen LogP contribution in [0.25, 0.3) is 11.1 Å². The van der Waals surface area contributed by atoms with Crippen molar-refractivity contribution in [2.24, 2.45) is 0 Å². The lowest BCUT2D eigenvalue weighted by Gasteiger charge is -2.21. The summed E-state index contributed by atoms with van der Waals surface area (Å²) in [4.78, 5) is 36.9. The van der Waals surface area contributed by atoms with Gasteiger partial charge in [0.1, 0.15) is 6.04 Å². The number of nitrogens with one attached hydrogen (secondary N) is 2. The van der Waals surface area contributed by atoms with Crippen LogP contribution in [-0.2, 0) is 4.79 Å². The number of halogens is 2. The largest absolute Gasteiger partial charge is 0.480 e. The molecule has 0 aliphatic heterocycles. The van der Waals surface area contributed by atoms with Crippen molar-refractivity contribution in [3.8, 4) is 11.1 Å². The molecule has 0 aromatic heterocycles. The first kappa shape index (κ1) is 24.1. The van der Waals surface area contributed by atoms with E-state index in [9.17, 15) is 14.4 Å². The van der Waals surface area contributed by atoms with Crippen molar-refractivity contribution in [2.75, 3.05) is 17.7 Å². The third kappa shape index (κ3) is 6.03. The smallest absolute Gasteiger partial charge is 0.326 e. The van der Waals surface area contributed by atoms with Crippen LogP contribution in [0, 0.1) is 0 Å². The monoisotopic (exact) mass is 485 g/mol. The molecular weight excluding hydrogens is 465 g/mol. The summed E-state index contributed by atoms with van der Waals surface area (Å²) in [7, 11) is 1.46. The zero-order valence-corrected chi connectivity index (χ0v) is 19.3. The zero-order chi connectivity index (χ0) is 24.1. The number of likely N-dealkylation sites (N-methyl/N-ethyl adjacent to an activating group) is 1. The SMILES string of the molecule is C[C@@H](C(=O)O)N(C)C(=O)c1ccc(-c2ccc(NC(=O)Nc3ccc(Cl)c(Cl)c3)cc2)cc1. The second-order valence-corrected chi connectivity index (χ2v) is 8.11. The predicted molar refractivity (Wildman–Crippen MR) is 130 cm³/mol. The van der Waals surface area contributed by atoms with Gasteiger partial charge in [-0.2, -0.15) is 0 Å². The first-order valence-corrected chi connectivity index (χ1v) is 10.6. The van der Waals surface area contributed by atoms with E-state index < -0.39 is 18.0 Å². The van der Waals surface area contributed by atoms with Crippen LogP contribution in [-0.4, -0.2) is 41.0 Å². The second-order valence-electron chi connectivity index (χ2n) is 7.29. The average molecular weight is 486 g/mol. The van der Waals surface area contributed by atoms with Crippen molar-refractivity contribution in [3.05, 3.63) is 82.3 Å². The fraction of sp³-hybridized carbons (Fsp3) is 0.125. The average Bonchev–Trinajstić information content (AvgIpc) is 2.80. The van der Waals surface area contributed by atoms with Gasteiger partial charge in [0.05, 0.1) is 10.0 Å². The van der Waals surface area contributed by atoms with Crippen molar-refractivity contribution >= 4 is 52.5 Å². The molecule has 3 rings (SSSR count). The fourth-order valence-electron chi connectivity index (χ4n) is 2.96. The molecule has 0 saturated heterocycles. The Morgan fingerprint density at radius 2 is 1.33 bits per heavy atom. The normalized spacial score (nSPS) is 11.4. The van der Waals surface area contributed by atoms with Crippen molar-refractivity contribution in [2.45, 2.75) is 13.0 Å². The Hall–Kier alpha value is -3.55. The lowest BCUT2D eigenvalue weighted by Crippen LogP contribution is -2.40. The van der Waals surface area contributed by atoms with Crippen molar-refractivity contribution in [1.82, 2.24) is 4.90 Å². The van der Waals surface area contributed by atoms with E-state index in [0.717, 1.165) is 11.1 Å². The first-order chi connectivity index (χ1) is 15.7. The number of urea groups is 1. The molecular formula is C24H21Cl2N3O4. The van der Waals surface area contributed by atoms with Gasteiger partial charge in [-0.25, -0.2) is 9.59 Å². The van der Waals surface area contributed by atoms with Gasteiger partial charge in [0.2, 0.25) is 0 Å². The van der Waals surface area contributed by atoms with Crippen molar-refractivity contribution in [1.29, 1.82) is 0 Å². The van der Waals surface area contributed by atoms with Gasteiger partial charge in [-0.15, -0.1) is 0 Å². The van der Waals surface area contributed by atoms with Crippen LogP contribution < -0.4 is 10.6 Å². The highest BCUT2D eigenvalue weighted by molar-refractivity contribution is 6.42. The van der Waals surface area contributed by atoms with Crippen molar-refractivity contribution in [3.63, 3.8) is 0 Å². The van der Waals surface area contributed by atoms with Gasteiger partial charge in [0.25, 0.3) is 5.91 Å². The van der Waals surface area contributed by atoms with Gasteiger partial charge < -0.3 is 20.6 Å². The summed E-state index contributed by atoms with van der Waals surface area (Å²) in [5, 5.41) is 15.2. The molecule has 7 nitrogen and oxygen atoms in total. The number of nitrogens with zero attached hydrogens (tertiary/aromatic N) is 1. The Kier molecular flexibility index (Phi) is 7.58. The summed E-state index contributed by atoms with van der Waals surface area (Å²) in [5.41, 5.74) is 3.25. The van der Waals surface area contributed by atoms with Gasteiger partial charge in [-0.1, -0.05) is 47.5 Å². The topological polar surface area (TPSA) is 98.7 Å². The molecule has 0 unspecified atom stereocenters. The number of carbonyl (C=O) groups excluding carboxylic acids is 2. The molecule has 9 heteroatoms. The maximum atomic E-state index is 12.5. The summed E-state index contributed by atoms with van der Waals surface area (Å²) in [6, 6.07) is 17.5. The quantitative estimate of drug-likeness (QED) is 0.407. The zero-order valence-electron chi connectivity index (χ0n) is 17.8. The van der Waals surface area contributed by atoms with Gasteiger partial charge in [-0.3, -0.25) is 4.79 Å². The molecule has 170 valence electrons. The summed E-state index contributed by atoms with van der Waals surface area (Å²) in [6.07, 6.45) is 0. The van der Waals surface area contributed by atoms with Crippen LogP contribution in [0.5, 0.6) is 0 Å². The van der Waals surface area contributed by atoms with E-state index in [0.29, 0.717) is 27.0 Å². The minimum absolute atomic E-state index is 0.342. The summed E-state index contributed by atoms with van der Waals surface area (Å²) < 4.78 is 0.